The SMILES string of the molecule is CCNCCNCc1cncs1. The fourth-order valence-electron chi connectivity index (χ4n) is 0.895. The van der Waals surface area contributed by atoms with Gasteiger partial charge in [-0.05, 0) is 6.54 Å². The van der Waals surface area contributed by atoms with Crippen molar-refractivity contribution in [2.75, 3.05) is 19.6 Å². The molecule has 0 aliphatic heterocycles. The van der Waals surface area contributed by atoms with E-state index < -0.39 is 0 Å². The Balaban J connectivity index is 1.96. The van der Waals surface area contributed by atoms with Gasteiger partial charge in [-0.3, -0.25) is 4.98 Å². The molecule has 0 atom stereocenters. The first-order valence-corrected chi connectivity index (χ1v) is 5.10. The van der Waals surface area contributed by atoms with Crippen LogP contribution < -0.4 is 10.6 Å². The van der Waals surface area contributed by atoms with E-state index >= 15 is 0 Å². The number of hydrogen-bond acceptors (Lipinski definition) is 4. The fraction of sp³-hybridized carbons (Fsp3) is 0.625. The largest absolute Gasteiger partial charge is 0.316 e. The van der Waals surface area contributed by atoms with Crippen molar-refractivity contribution >= 4 is 11.3 Å². The number of hydrogen-bond donors (Lipinski definition) is 2. The molecule has 0 fully saturated rings. The summed E-state index contributed by atoms with van der Waals surface area (Å²) in [5, 5.41) is 6.58. The van der Waals surface area contributed by atoms with Gasteiger partial charge in [0, 0.05) is 30.7 Å². The summed E-state index contributed by atoms with van der Waals surface area (Å²) in [6, 6.07) is 0. The van der Waals surface area contributed by atoms with Crippen LogP contribution in [0.15, 0.2) is 11.7 Å². The summed E-state index contributed by atoms with van der Waals surface area (Å²) in [5.74, 6) is 0. The molecule has 3 nitrogen and oxygen atoms in total. The monoisotopic (exact) mass is 185 g/mol. The van der Waals surface area contributed by atoms with E-state index in [4.69, 9.17) is 0 Å². The van der Waals surface area contributed by atoms with Crippen LogP contribution in [0.5, 0.6) is 0 Å². The van der Waals surface area contributed by atoms with Crippen LogP contribution in [0.25, 0.3) is 0 Å². The van der Waals surface area contributed by atoms with Gasteiger partial charge in [-0.25, -0.2) is 0 Å². The van der Waals surface area contributed by atoms with Gasteiger partial charge < -0.3 is 10.6 Å². The molecule has 0 aliphatic rings. The molecule has 0 bridgehead atoms. The van der Waals surface area contributed by atoms with Gasteiger partial charge in [-0.15, -0.1) is 11.3 Å². The molecule has 0 unspecified atom stereocenters. The van der Waals surface area contributed by atoms with Crippen LogP contribution in [0, 0.1) is 0 Å². The van der Waals surface area contributed by atoms with E-state index in [0.29, 0.717) is 0 Å². The van der Waals surface area contributed by atoms with E-state index in [2.05, 4.69) is 22.5 Å². The van der Waals surface area contributed by atoms with Crippen LogP contribution in [-0.2, 0) is 6.54 Å². The van der Waals surface area contributed by atoms with Crippen molar-refractivity contribution in [3.63, 3.8) is 0 Å². The van der Waals surface area contributed by atoms with Gasteiger partial charge in [0.25, 0.3) is 0 Å². The number of thiazole rings is 1. The van der Waals surface area contributed by atoms with E-state index in [0.717, 1.165) is 26.2 Å². The Morgan fingerprint density at radius 2 is 2.25 bits per heavy atom. The maximum Gasteiger partial charge on any atom is 0.0794 e. The van der Waals surface area contributed by atoms with Crippen molar-refractivity contribution in [3.05, 3.63) is 16.6 Å². The molecule has 4 heteroatoms. The first-order valence-electron chi connectivity index (χ1n) is 4.22. The predicted octanol–water partition coefficient (Wildman–Crippen LogP) is 0.842. The van der Waals surface area contributed by atoms with E-state index in [9.17, 15) is 0 Å². The predicted molar refractivity (Wildman–Crippen MR) is 52.4 cm³/mol. The lowest BCUT2D eigenvalue weighted by Gasteiger charge is -2.02. The lowest BCUT2D eigenvalue weighted by Crippen LogP contribution is -2.26. The molecule has 0 aliphatic carbocycles. The molecular weight excluding hydrogens is 170 g/mol. The average Bonchev–Trinajstić information content (AvgIpc) is 2.57. The van der Waals surface area contributed by atoms with Crippen molar-refractivity contribution in [1.82, 2.24) is 15.6 Å². The van der Waals surface area contributed by atoms with Gasteiger partial charge in [0.1, 0.15) is 0 Å². The summed E-state index contributed by atoms with van der Waals surface area (Å²) in [5.41, 5.74) is 1.86. The standard InChI is InChI=1S/C8H15N3S/c1-2-9-3-4-10-5-8-6-11-7-12-8/h6-7,9-10H,2-5H2,1H3. The van der Waals surface area contributed by atoms with Crippen LogP contribution in [-0.4, -0.2) is 24.6 Å². The average molecular weight is 185 g/mol. The van der Waals surface area contributed by atoms with E-state index in [1.54, 1.807) is 11.3 Å². The highest BCUT2D eigenvalue weighted by molar-refractivity contribution is 7.09. The van der Waals surface area contributed by atoms with Gasteiger partial charge in [0.2, 0.25) is 0 Å². The van der Waals surface area contributed by atoms with E-state index in [-0.39, 0.29) is 0 Å². The topological polar surface area (TPSA) is 37.0 Å². The summed E-state index contributed by atoms with van der Waals surface area (Å²) in [6.07, 6.45) is 1.91. The normalized spacial score (nSPS) is 10.4. The van der Waals surface area contributed by atoms with Gasteiger partial charge in [0.15, 0.2) is 0 Å². The minimum atomic E-state index is 0.941. The Labute approximate surface area is 77.2 Å². The van der Waals surface area contributed by atoms with Crippen molar-refractivity contribution in [2.45, 2.75) is 13.5 Å². The lowest BCUT2D eigenvalue weighted by molar-refractivity contribution is 0.628. The Hall–Kier alpha value is -0.450. The van der Waals surface area contributed by atoms with E-state index in [1.807, 2.05) is 11.7 Å². The molecule has 12 heavy (non-hydrogen) atoms. The second-order valence-corrected chi connectivity index (χ2v) is 3.47. The molecule has 1 heterocycles. The third-order valence-corrected chi connectivity index (χ3v) is 2.29. The maximum atomic E-state index is 4.00. The van der Waals surface area contributed by atoms with Crippen molar-refractivity contribution in [3.8, 4) is 0 Å². The number of likely N-dealkylation sites (N-methyl/N-ethyl adjacent to an activating group) is 1. The molecular formula is C8H15N3S. The molecule has 0 saturated carbocycles. The van der Waals surface area contributed by atoms with Crippen molar-refractivity contribution < 1.29 is 0 Å². The lowest BCUT2D eigenvalue weighted by atomic mass is 10.5. The van der Waals surface area contributed by atoms with Crippen LogP contribution in [0.2, 0.25) is 0 Å². The Bertz CT molecular complexity index is 186. The number of aromatic nitrogens is 1. The molecule has 1 aromatic rings. The first-order chi connectivity index (χ1) is 5.93. The quantitative estimate of drug-likeness (QED) is 0.645. The van der Waals surface area contributed by atoms with Crippen LogP contribution in [0.4, 0.5) is 0 Å². The molecule has 0 saturated heterocycles. The Morgan fingerprint density at radius 1 is 1.42 bits per heavy atom. The smallest absolute Gasteiger partial charge is 0.0794 e. The molecule has 0 spiro atoms. The minimum absolute atomic E-state index is 0.941. The summed E-state index contributed by atoms with van der Waals surface area (Å²) >= 11 is 1.69. The highest BCUT2D eigenvalue weighted by atomic mass is 32.1. The third kappa shape index (κ3) is 3.80. The van der Waals surface area contributed by atoms with Crippen LogP contribution in [0.1, 0.15) is 11.8 Å². The maximum absolute atomic E-state index is 4.00. The molecule has 1 rings (SSSR count). The van der Waals surface area contributed by atoms with Gasteiger partial charge in [-0.1, -0.05) is 6.92 Å². The van der Waals surface area contributed by atoms with Gasteiger partial charge in [-0.2, -0.15) is 0 Å². The molecule has 68 valence electrons. The zero-order chi connectivity index (χ0) is 8.65. The van der Waals surface area contributed by atoms with E-state index in [1.165, 1.54) is 4.88 Å². The summed E-state index contributed by atoms with van der Waals surface area (Å²) in [6.45, 7) is 6.16. The molecule has 2 N–H and O–H groups in total. The number of nitrogens with one attached hydrogen (secondary N) is 2. The second kappa shape index (κ2) is 6.11. The zero-order valence-corrected chi connectivity index (χ0v) is 8.16. The Morgan fingerprint density at radius 3 is 2.92 bits per heavy atom. The van der Waals surface area contributed by atoms with Gasteiger partial charge >= 0.3 is 0 Å². The number of rotatable bonds is 6. The third-order valence-electron chi connectivity index (χ3n) is 1.51. The zero-order valence-electron chi connectivity index (χ0n) is 7.34. The number of nitrogens with zero attached hydrogens (tertiary/aromatic N) is 1. The highest BCUT2D eigenvalue weighted by Crippen LogP contribution is 2.03. The molecule has 0 aromatic carbocycles. The molecule has 1 aromatic heterocycles. The minimum Gasteiger partial charge on any atom is -0.316 e. The summed E-state index contributed by atoms with van der Waals surface area (Å²) in [7, 11) is 0. The second-order valence-electron chi connectivity index (χ2n) is 2.50. The van der Waals surface area contributed by atoms with Crippen molar-refractivity contribution in [2.24, 2.45) is 0 Å². The summed E-state index contributed by atoms with van der Waals surface area (Å²) in [4.78, 5) is 5.30. The Kier molecular flexibility index (Phi) is 4.91. The highest BCUT2D eigenvalue weighted by Gasteiger charge is 1.91. The van der Waals surface area contributed by atoms with Crippen molar-refractivity contribution in [1.29, 1.82) is 0 Å². The summed E-state index contributed by atoms with van der Waals surface area (Å²) < 4.78 is 0. The van der Waals surface area contributed by atoms with Gasteiger partial charge in [0.05, 0.1) is 5.51 Å². The fourth-order valence-corrected chi connectivity index (χ4v) is 1.46. The van der Waals surface area contributed by atoms with Crippen LogP contribution in [0.3, 0.4) is 0 Å². The first kappa shape index (κ1) is 9.64. The molecule has 0 amide bonds. The van der Waals surface area contributed by atoms with Crippen LogP contribution >= 0.6 is 11.3 Å². The molecule has 0 radical (unpaired) electrons.